The Morgan fingerprint density at radius 2 is 1.85 bits per heavy atom. The molecule has 2 aromatic heterocycles. The summed E-state index contributed by atoms with van der Waals surface area (Å²) < 4.78 is 38.8. The standard InChI is InChI=1S/C40H54FN7O6/c1-7-47(27(2)3)38(49)31-22-28(41)8-9-34(31)53-36-23-42-26-44-37(36)46-18-12-30(13-19-46)52-35-10-15-43-33-14-17-45(24-32(33)35)16-11-29-25-51-21-20-48(29)39(50)54-40(4,5)6/h8-10,15,22-23,26-27,29-30H,7,11-14,16-21,24-25H2,1-6H3. The van der Waals surface area contributed by atoms with E-state index in [0.717, 1.165) is 62.3 Å². The summed E-state index contributed by atoms with van der Waals surface area (Å²) in [6, 6.07) is 5.85. The number of carbonyl (C=O) groups is 2. The first-order chi connectivity index (χ1) is 25.9. The van der Waals surface area contributed by atoms with Crippen LogP contribution in [0, 0.1) is 5.82 Å². The van der Waals surface area contributed by atoms with Gasteiger partial charge in [0.25, 0.3) is 5.91 Å². The smallest absolute Gasteiger partial charge is 0.410 e. The number of halogens is 1. The number of amides is 2. The van der Waals surface area contributed by atoms with E-state index in [9.17, 15) is 14.0 Å². The monoisotopic (exact) mass is 747 g/mol. The van der Waals surface area contributed by atoms with E-state index in [0.29, 0.717) is 51.0 Å². The lowest BCUT2D eigenvalue weighted by molar-refractivity contribution is -0.0358. The second-order valence-corrected chi connectivity index (χ2v) is 15.4. The third-order valence-electron chi connectivity index (χ3n) is 10.1. The number of morpholine rings is 1. The van der Waals surface area contributed by atoms with Gasteiger partial charge in [-0.1, -0.05) is 0 Å². The molecule has 0 N–H and O–H groups in total. The first-order valence-corrected chi connectivity index (χ1v) is 19.2. The van der Waals surface area contributed by atoms with Gasteiger partial charge in [0, 0.05) is 88.6 Å². The molecule has 3 aromatic rings. The van der Waals surface area contributed by atoms with Gasteiger partial charge in [-0.05, 0) is 72.2 Å². The number of nitrogens with zero attached hydrogens (tertiary/aromatic N) is 7. The molecule has 2 fully saturated rings. The summed E-state index contributed by atoms with van der Waals surface area (Å²) >= 11 is 0. The zero-order valence-corrected chi connectivity index (χ0v) is 32.4. The predicted molar refractivity (Wildman–Crippen MR) is 202 cm³/mol. The molecule has 2 amide bonds. The van der Waals surface area contributed by atoms with Gasteiger partial charge in [0.1, 0.15) is 35.3 Å². The Morgan fingerprint density at radius 1 is 1.06 bits per heavy atom. The number of pyridine rings is 1. The van der Waals surface area contributed by atoms with E-state index in [4.69, 9.17) is 23.9 Å². The van der Waals surface area contributed by atoms with Crippen molar-refractivity contribution in [1.82, 2.24) is 29.7 Å². The quantitative estimate of drug-likeness (QED) is 0.226. The number of piperidine rings is 1. The average molecular weight is 748 g/mol. The largest absolute Gasteiger partial charge is 0.490 e. The second-order valence-electron chi connectivity index (χ2n) is 15.4. The highest BCUT2D eigenvalue weighted by molar-refractivity contribution is 5.97. The average Bonchev–Trinajstić information content (AvgIpc) is 3.15. The molecule has 0 radical (unpaired) electrons. The summed E-state index contributed by atoms with van der Waals surface area (Å²) in [5, 5.41) is 0. The van der Waals surface area contributed by atoms with Crippen LogP contribution in [0.5, 0.6) is 17.2 Å². The fourth-order valence-corrected chi connectivity index (χ4v) is 7.31. The third-order valence-corrected chi connectivity index (χ3v) is 10.1. The minimum absolute atomic E-state index is 0.00603. The Morgan fingerprint density at radius 3 is 2.59 bits per heavy atom. The van der Waals surface area contributed by atoms with Gasteiger partial charge in [-0.25, -0.2) is 19.2 Å². The molecule has 0 bridgehead atoms. The number of hydrogen-bond acceptors (Lipinski definition) is 11. The van der Waals surface area contributed by atoms with Gasteiger partial charge < -0.3 is 33.6 Å². The molecule has 5 heterocycles. The van der Waals surface area contributed by atoms with Crippen molar-refractivity contribution in [3.8, 4) is 17.2 Å². The molecule has 3 aliphatic rings. The molecular formula is C40H54FN7O6. The molecule has 0 spiro atoms. The Kier molecular flexibility index (Phi) is 12.5. The van der Waals surface area contributed by atoms with Crippen LogP contribution < -0.4 is 14.4 Å². The molecule has 0 saturated carbocycles. The van der Waals surface area contributed by atoms with Crippen LogP contribution in [-0.4, -0.2) is 118 Å². The third kappa shape index (κ3) is 9.56. The predicted octanol–water partition coefficient (Wildman–Crippen LogP) is 6.11. The van der Waals surface area contributed by atoms with E-state index < -0.39 is 11.4 Å². The van der Waals surface area contributed by atoms with Crippen LogP contribution in [-0.2, 0) is 22.4 Å². The van der Waals surface area contributed by atoms with Crippen LogP contribution in [0.4, 0.5) is 15.0 Å². The SMILES string of the molecule is CCN(C(=O)c1cc(F)ccc1Oc1cncnc1N1CCC(Oc2ccnc3c2CN(CCC2COCCN2C(=O)OC(C)(C)C)CC3)CC1)C(C)C. The van der Waals surface area contributed by atoms with Crippen LogP contribution in [0.25, 0.3) is 0 Å². The number of anilines is 1. The number of ether oxygens (including phenoxy) is 4. The van der Waals surface area contributed by atoms with Crippen molar-refractivity contribution in [2.45, 2.75) is 97.6 Å². The Bertz CT molecular complexity index is 1760. The number of carbonyl (C=O) groups excluding carboxylic acids is 2. The fourth-order valence-electron chi connectivity index (χ4n) is 7.31. The zero-order chi connectivity index (χ0) is 38.4. The van der Waals surface area contributed by atoms with Crippen LogP contribution >= 0.6 is 0 Å². The van der Waals surface area contributed by atoms with Gasteiger partial charge in [0.15, 0.2) is 11.6 Å². The van der Waals surface area contributed by atoms with Crippen molar-refractivity contribution in [1.29, 1.82) is 0 Å². The van der Waals surface area contributed by atoms with Crippen LogP contribution in [0.2, 0.25) is 0 Å². The molecule has 3 aliphatic heterocycles. The molecule has 6 rings (SSSR count). The Labute approximate surface area is 317 Å². The lowest BCUT2D eigenvalue weighted by atomic mass is 10.0. The number of rotatable bonds is 11. The Balaban J connectivity index is 1.07. The van der Waals surface area contributed by atoms with Crippen molar-refractivity contribution in [3.05, 3.63) is 65.6 Å². The molecule has 13 nitrogen and oxygen atoms in total. The van der Waals surface area contributed by atoms with Gasteiger partial charge in [0.2, 0.25) is 0 Å². The summed E-state index contributed by atoms with van der Waals surface area (Å²) in [4.78, 5) is 47.8. The summed E-state index contributed by atoms with van der Waals surface area (Å²) in [5.41, 5.74) is 1.78. The lowest BCUT2D eigenvalue weighted by Crippen LogP contribution is -2.51. The van der Waals surface area contributed by atoms with Gasteiger partial charge in [0.05, 0.1) is 31.0 Å². The molecule has 1 aromatic carbocycles. The van der Waals surface area contributed by atoms with E-state index in [1.54, 1.807) is 11.1 Å². The normalized spacial score (nSPS) is 18.3. The molecule has 14 heteroatoms. The highest BCUT2D eigenvalue weighted by atomic mass is 19.1. The first-order valence-electron chi connectivity index (χ1n) is 19.2. The van der Waals surface area contributed by atoms with E-state index in [2.05, 4.69) is 19.8 Å². The minimum Gasteiger partial charge on any atom is -0.490 e. The maximum atomic E-state index is 14.4. The highest BCUT2D eigenvalue weighted by Gasteiger charge is 2.33. The maximum absolute atomic E-state index is 14.4. The van der Waals surface area contributed by atoms with Crippen LogP contribution in [0.3, 0.4) is 0 Å². The van der Waals surface area contributed by atoms with Crippen molar-refractivity contribution >= 4 is 17.8 Å². The van der Waals surface area contributed by atoms with E-state index >= 15 is 0 Å². The van der Waals surface area contributed by atoms with E-state index in [1.807, 2.05) is 58.7 Å². The maximum Gasteiger partial charge on any atom is 0.410 e. The molecule has 54 heavy (non-hydrogen) atoms. The highest BCUT2D eigenvalue weighted by Crippen LogP contribution is 2.35. The first kappa shape index (κ1) is 39.1. The summed E-state index contributed by atoms with van der Waals surface area (Å²) in [5.74, 6) is 1.29. The van der Waals surface area contributed by atoms with Gasteiger partial charge in [-0.2, -0.15) is 0 Å². The summed E-state index contributed by atoms with van der Waals surface area (Å²) in [7, 11) is 0. The molecule has 292 valence electrons. The van der Waals surface area contributed by atoms with Gasteiger partial charge in [-0.3, -0.25) is 14.7 Å². The van der Waals surface area contributed by atoms with Crippen molar-refractivity contribution in [2.75, 3.05) is 57.4 Å². The molecular weight excluding hydrogens is 693 g/mol. The second kappa shape index (κ2) is 17.3. The molecule has 1 unspecified atom stereocenters. The van der Waals surface area contributed by atoms with Gasteiger partial charge in [-0.15, -0.1) is 0 Å². The Hall–Kier alpha value is -4.56. The van der Waals surface area contributed by atoms with E-state index in [1.165, 1.54) is 24.5 Å². The number of hydrogen-bond donors (Lipinski definition) is 0. The zero-order valence-electron chi connectivity index (χ0n) is 32.4. The molecule has 0 aliphatic carbocycles. The topological polar surface area (TPSA) is 123 Å². The van der Waals surface area contributed by atoms with Crippen molar-refractivity contribution in [3.63, 3.8) is 0 Å². The van der Waals surface area contributed by atoms with Crippen molar-refractivity contribution in [2.24, 2.45) is 0 Å². The van der Waals surface area contributed by atoms with Gasteiger partial charge >= 0.3 is 6.09 Å². The summed E-state index contributed by atoms with van der Waals surface area (Å²) in [6.07, 6.45) is 7.72. The van der Waals surface area contributed by atoms with E-state index in [-0.39, 0.29) is 41.5 Å². The van der Waals surface area contributed by atoms with Crippen molar-refractivity contribution < 1.29 is 32.9 Å². The summed E-state index contributed by atoms with van der Waals surface area (Å²) in [6.45, 7) is 17.2. The number of benzene rings is 1. The van der Waals surface area contributed by atoms with Crippen LogP contribution in [0.15, 0.2) is 43.0 Å². The molecule has 2 saturated heterocycles. The lowest BCUT2D eigenvalue weighted by Gasteiger charge is -2.38. The number of aromatic nitrogens is 3. The van der Waals surface area contributed by atoms with Crippen LogP contribution in [0.1, 0.15) is 82.4 Å². The fraction of sp³-hybridized carbons (Fsp3) is 0.575. The molecule has 1 atom stereocenters. The minimum atomic E-state index is -0.549. The number of fused-ring (bicyclic) bond motifs is 1.